The molecule has 0 fully saturated rings. The van der Waals surface area contributed by atoms with E-state index >= 15 is 0 Å². The van der Waals surface area contributed by atoms with Gasteiger partial charge in [0.25, 0.3) is 0 Å². The Morgan fingerprint density at radius 3 is 2.41 bits per heavy atom. The van der Waals surface area contributed by atoms with E-state index in [1.807, 2.05) is 42.5 Å². The Morgan fingerprint density at radius 1 is 0.926 bits per heavy atom. The minimum atomic E-state index is -0.162. The van der Waals surface area contributed by atoms with Gasteiger partial charge in [0, 0.05) is 35.1 Å². The number of anilines is 1. The summed E-state index contributed by atoms with van der Waals surface area (Å²) < 4.78 is 9.96. The highest BCUT2D eigenvalue weighted by Crippen LogP contribution is 2.29. The topological polar surface area (TPSA) is 89.6 Å². The fourth-order valence-corrected chi connectivity index (χ4v) is 3.24. The normalized spacial score (nSPS) is 12.3. The summed E-state index contributed by atoms with van der Waals surface area (Å²) in [4.78, 5) is 13.2. The second-order valence-electron chi connectivity index (χ2n) is 6.35. The van der Waals surface area contributed by atoms with Crippen LogP contribution in [0, 0.1) is 5.92 Å². The molecular formula is C19H18N6OS. The van der Waals surface area contributed by atoms with E-state index in [9.17, 15) is 0 Å². The van der Waals surface area contributed by atoms with Gasteiger partial charge in [-0.25, -0.2) is 0 Å². The molecule has 7 nitrogen and oxygen atoms in total. The highest BCUT2D eigenvalue weighted by molar-refractivity contribution is 7.09. The number of pyridine rings is 1. The summed E-state index contributed by atoms with van der Waals surface area (Å²) in [6, 6.07) is 13.4. The van der Waals surface area contributed by atoms with Gasteiger partial charge in [0.1, 0.15) is 6.04 Å². The smallest absolute Gasteiger partial charge is 0.249 e. The quantitative estimate of drug-likeness (QED) is 0.530. The monoisotopic (exact) mass is 378 g/mol. The molecule has 1 atom stereocenters. The maximum absolute atomic E-state index is 5.52. The maximum atomic E-state index is 5.52. The van der Waals surface area contributed by atoms with Gasteiger partial charge in [-0.2, -0.15) is 14.3 Å². The lowest BCUT2D eigenvalue weighted by Gasteiger charge is -2.17. The van der Waals surface area contributed by atoms with Crippen LogP contribution in [0.15, 0.2) is 59.4 Å². The Kier molecular flexibility index (Phi) is 4.88. The van der Waals surface area contributed by atoms with E-state index < -0.39 is 0 Å². The van der Waals surface area contributed by atoms with Crippen molar-refractivity contribution in [2.24, 2.45) is 5.92 Å². The molecule has 4 rings (SSSR count). The maximum Gasteiger partial charge on any atom is 0.249 e. The van der Waals surface area contributed by atoms with Crippen LogP contribution in [-0.4, -0.2) is 24.5 Å². The standard InChI is InChI=1S/C19H18N6OS/c1-12(2)15(18-22-16(24-26-18)14-8-10-20-11-9-14)21-19-23-17(25-27-19)13-6-4-3-5-7-13/h3-12,15H,1-2H3,(H,21,23,25). The van der Waals surface area contributed by atoms with E-state index in [4.69, 9.17) is 4.52 Å². The second-order valence-corrected chi connectivity index (χ2v) is 7.10. The first kappa shape index (κ1) is 17.3. The Hall–Kier alpha value is -3.13. The number of hydrogen-bond donors (Lipinski definition) is 1. The van der Waals surface area contributed by atoms with Crippen molar-refractivity contribution < 1.29 is 4.52 Å². The lowest BCUT2D eigenvalue weighted by Crippen LogP contribution is -2.17. The second kappa shape index (κ2) is 7.63. The van der Waals surface area contributed by atoms with Crippen LogP contribution in [0.5, 0.6) is 0 Å². The van der Waals surface area contributed by atoms with Gasteiger partial charge in [0.05, 0.1) is 0 Å². The SMILES string of the molecule is CC(C)C(Nc1nc(-c2ccccc2)ns1)c1nc(-c2ccncc2)no1. The molecule has 0 saturated heterocycles. The predicted octanol–water partition coefficient (Wildman–Crippen LogP) is 4.46. The van der Waals surface area contributed by atoms with E-state index in [0.717, 1.165) is 16.3 Å². The predicted molar refractivity (Wildman–Crippen MR) is 104 cm³/mol. The summed E-state index contributed by atoms with van der Waals surface area (Å²) in [5, 5.41) is 8.20. The van der Waals surface area contributed by atoms with Crippen LogP contribution in [0.3, 0.4) is 0 Å². The lowest BCUT2D eigenvalue weighted by molar-refractivity contribution is 0.336. The number of nitrogens with one attached hydrogen (secondary N) is 1. The molecular weight excluding hydrogens is 360 g/mol. The van der Waals surface area contributed by atoms with Gasteiger partial charge in [0.2, 0.25) is 16.8 Å². The van der Waals surface area contributed by atoms with Crippen molar-refractivity contribution in [1.29, 1.82) is 0 Å². The van der Waals surface area contributed by atoms with Crippen molar-refractivity contribution >= 4 is 16.7 Å². The van der Waals surface area contributed by atoms with Gasteiger partial charge in [-0.3, -0.25) is 4.98 Å². The minimum absolute atomic E-state index is 0.162. The molecule has 1 unspecified atom stereocenters. The number of nitrogens with zero attached hydrogens (tertiary/aromatic N) is 5. The van der Waals surface area contributed by atoms with Crippen molar-refractivity contribution in [3.63, 3.8) is 0 Å². The molecule has 4 aromatic rings. The zero-order chi connectivity index (χ0) is 18.6. The first-order valence-corrected chi connectivity index (χ1v) is 9.37. The van der Waals surface area contributed by atoms with Crippen LogP contribution in [0.2, 0.25) is 0 Å². The van der Waals surface area contributed by atoms with E-state index in [2.05, 4.69) is 43.6 Å². The van der Waals surface area contributed by atoms with Crippen LogP contribution in [0.1, 0.15) is 25.8 Å². The highest BCUT2D eigenvalue weighted by Gasteiger charge is 2.24. The first-order chi connectivity index (χ1) is 13.2. The summed E-state index contributed by atoms with van der Waals surface area (Å²) in [7, 11) is 0. The molecule has 0 aliphatic carbocycles. The van der Waals surface area contributed by atoms with E-state index in [1.165, 1.54) is 11.5 Å². The third-order valence-electron chi connectivity index (χ3n) is 4.05. The molecule has 3 aromatic heterocycles. The Balaban J connectivity index is 1.56. The average Bonchev–Trinajstić information content (AvgIpc) is 3.37. The van der Waals surface area contributed by atoms with Gasteiger partial charge in [-0.15, -0.1) is 0 Å². The zero-order valence-corrected chi connectivity index (χ0v) is 15.7. The van der Waals surface area contributed by atoms with Crippen molar-refractivity contribution in [3.8, 4) is 22.8 Å². The molecule has 27 heavy (non-hydrogen) atoms. The Labute approximate surface area is 160 Å². The van der Waals surface area contributed by atoms with Gasteiger partial charge < -0.3 is 9.84 Å². The van der Waals surface area contributed by atoms with E-state index in [0.29, 0.717) is 17.5 Å². The number of benzene rings is 1. The highest BCUT2D eigenvalue weighted by atomic mass is 32.1. The molecule has 1 aromatic carbocycles. The molecule has 0 saturated carbocycles. The van der Waals surface area contributed by atoms with Gasteiger partial charge >= 0.3 is 0 Å². The van der Waals surface area contributed by atoms with Crippen molar-refractivity contribution in [3.05, 3.63) is 60.7 Å². The largest absolute Gasteiger partial charge is 0.348 e. The lowest BCUT2D eigenvalue weighted by atomic mass is 10.0. The molecule has 3 heterocycles. The van der Waals surface area contributed by atoms with Crippen LogP contribution >= 0.6 is 11.5 Å². The molecule has 0 amide bonds. The van der Waals surface area contributed by atoms with E-state index in [-0.39, 0.29) is 12.0 Å². The molecule has 0 bridgehead atoms. The van der Waals surface area contributed by atoms with Crippen LogP contribution in [0.25, 0.3) is 22.8 Å². The summed E-state index contributed by atoms with van der Waals surface area (Å²) in [6.07, 6.45) is 3.41. The minimum Gasteiger partial charge on any atom is -0.348 e. The molecule has 0 aliphatic heterocycles. The first-order valence-electron chi connectivity index (χ1n) is 8.60. The number of hydrogen-bond acceptors (Lipinski definition) is 8. The number of aromatic nitrogens is 5. The fraction of sp³-hybridized carbons (Fsp3) is 0.211. The zero-order valence-electron chi connectivity index (χ0n) is 14.9. The molecule has 0 radical (unpaired) electrons. The fourth-order valence-electron chi connectivity index (χ4n) is 2.61. The third kappa shape index (κ3) is 3.85. The summed E-state index contributed by atoms with van der Waals surface area (Å²) in [5.74, 6) is 1.99. The van der Waals surface area contributed by atoms with Crippen LogP contribution in [-0.2, 0) is 0 Å². The molecule has 1 N–H and O–H groups in total. The summed E-state index contributed by atoms with van der Waals surface area (Å²) in [5.41, 5.74) is 1.85. The summed E-state index contributed by atoms with van der Waals surface area (Å²) >= 11 is 1.32. The molecule has 0 aliphatic rings. The van der Waals surface area contributed by atoms with Crippen molar-refractivity contribution in [2.45, 2.75) is 19.9 Å². The molecule has 136 valence electrons. The van der Waals surface area contributed by atoms with Gasteiger partial charge in [-0.1, -0.05) is 49.3 Å². The van der Waals surface area contributed by atoms with Crippen molar-refractivity contribution in [1.82, 2.24) is 24.5 Å². The van der Waals surface area contributed by atoms with Gasteiger partial charge in [-0.05, 0) is 18.1 Å². The number of rotatable bonds is 6. The Bertz CT molecular complexity index is 999. The van der Waals surface area contributed by atoms with Gasteiger partial charge in [0.15, 0.2) is 5.82 Å². The van der Waals surface area contributed by atoms with E-state index in [1.54, 1.807) is 12.4 Å². The van der Waals surface area contributed by atoms with Crippen LogP contribution in [0.4, 0.5) is 5.13 Å². The summed E-state index contributed by atoms with van der Waals surface area (Å²) in [6.45, 7) is 4.18. The Morgan fingerprint density at radius 2 is 1.67 bits per heavy atom. The third-order valence-corrected chi connectivity index (χ3v) is 4.70. The van der Waals surface area contributed by atoms with Crippen LogP contribution < -0.4 is 5.32 Å². The molecule has 0 spiro atoms. The molecule has 8 heteroatoms. The van der Waals surface area contributed by atoms with Crippen molar-refractivity contribution in [2.75, 3.05) is 5.32 Å². The average molecular weight is 378 g/mol.